The minimum absolute atomic E-state index is 0. The van der Waals surface area contributed by atoms with Gasteiger partial charge >= 0.3 is 0 Å². The SMILES string of the molecule is Cl.NCCCOC1CCN(C(=O)c2cccc(NC(=O)c3cccs3)c2)CC1. The molecule has 3 N–H and O–H groups in total. The molecule has 1 aliphatic heterocycles. The second kappa shape index (κ2) is 11.2. The normalized spacial score (nSPS) is 14.4. The first-order chi connectivity index (χ1) is 13.2. The quantitative estimate of drug-likeness (QED) is 0.668. The molecule has 1 aromatic carbocycles. The molecule has 2 aromatic rings. The van der Waals surface area contributed by atoms with Gasteiger partial charge in [0.1, 0.15) is 0 Å². The lowest BCUT2D eigenvalue weighted by Gasteiger charge is -2.32. The lowest BCUT2D eigenvalue weighted by Crippen LogP contribution is -2.41. The van der Waals surface area contributed by atoms with Crippen molar-refractivity contribution in [2.45, 2.75) is 25.4 Å². The predicted molar refractivity (Wildman–Crippen MR) is 115 cm³/mol. The van der Waals surface area contributed by atoms with Gasteiger partial charge in [-0.3, -0.25) is 9.59 Å². The molecule has 1 saturated heterocycles. The van der Waals surface area contributed by atoms with Gasteiger partial charge in [0.15, 0.2) is 0 Å². The molecule has 0 radical (unpaired) electrons. The number of rotatable bonds is 7. The highest BCUT2D eigenvalue weighted by atomic mass is 35.5. The number of benzene rings is 1. The Morgan fingerprint density at radius 2 is 2.00 bits per heavy atom. The molecule has 0 aliphatic carbocycles. The summed E-state index contributed by atoms with van der Waals surface area (Å²) < 4.78 is 5.79. The second-order valence-corrected chi connectivity index (χ2v) is 7.46. The number of nitrogens with two attached hydrogens (primary N) is 1. The van der Waals surface area contributed by atoms with Crippen LogP contribution in [0.5, 0.6) is 0 Å². The Kier molecular flexibility index (Phi) is 8.92. The molecule has 28 heavy (non-hydrogen) atoms. The Bertz CT molecular complexity index is 762. The van der Waals surface area contributed by atoms with E-state index in [0.717, 1.165) is 19.3 Å². The van der Waals surface area contributed by atoms with Crippen LogP contribution < -0.4 is 11.1 Å². The smallest absolute Gasteiger partial charge is 0.265 e. The minimum Gasteiger partial charge on any atom is -0.378 e. The Morgan fingerprint density at radius 1 is 1.21 bits per heavy atom. The molecule has 6 nitrogen and oxygen atoms in total. The highest BCUT2D eigenvalue weighted by molar-refractivity contribution is 7.12. The third-order valence-corrected chi connectivity index (χ3v) is 5.41. The van der Waals surface area contributed by atoms with Crippen LogP contribution in [-0.4, -0.2) is 49.1 Å². The number of nitrogens with zero attached hydrogens (tertiary/aromatic N) is 1. The van der Waals surface area contributed by atoms with Gasteiger partial charge in [-0.15, -0.1) is 23.7 Å². The number of hydrogen-bond donors (Lipinski definition) is 2. The van der Waals surface area contributed by atoms with Crippen LogP contribution in [0.3, 0.4) is 0 Å². The molecule has 2 amide bonds. The molecule has 2 heterocycles. The average Bonchev–Trinajstić information content (AvgIpc) is 3.23. The van der Waals surface area contributed by atoms with Gasteiger partial charge in [-0.1, -0.05) is 12.1 Å². The van der Waals surface area contributed by atoms with Gasteiger partial charge in [0, 0.05) is 30.9 Å². The molecule has 152 valence electrons. The largest absolute Gasteiger partial charge is 0.378 e. The first-order valence-corrected chi connectivity index (χ1v) is 10.1. The van der Waals surface area contributed by atoms with Crippen LogP contribution in [-0.2, 0) is 4.74 Å². The van der Waals surface area contributed by atoms with Crippen molar-refractivity contribution in [3.8, 4) is 0 Å². The third kappa shape index (κ3) is 6.04. The number of hydrogen-bond acceptors (Lipinski definition) is 5. The van der Waals surface area contributed by atoms with Crippen LogP contribution in [0.1, 0.15) is 39.3 Å². The summed E-state index contributed by atoms with van der Waals surface area (Å²) in [5, 5.41) is 4.71. The van der Waals surface area contributed by atoms with Gasteiger partial charge in [0.25, 0.3) is 11.8 Å². The van der Waals surface area contributed by atoms with Crippen LogP contribution in [0.25, 0.3) is 0 Å². The van der Waals surface area contributed by atoms with E-state index in [9.17, 15) is 9.59 Å². The van der Waals surface area contributed by atoms with Crippen molar-refractivity contribution < 1.29 is 14.3 Å². The van der Waals surface area contributed by atoms with Crippen LogP contribution >= 0.6 is 23.7 Å². The molecule has 0 saturated carbocycles. The molecule has 1 aliphatic rings. The third-order valence-electron chi connectivity index (χ3n) is 4.54. The van der Waals surface area contributed by atoms with Gasteiger partial charge in [-0.05, 0) is 55.5 Å². The first-order valence-electron chi connectivity index (χ1n) is 9.23. The molecular formula is C20H26ClN3O3S. The number of halogens is 1. The molecule has 0 spiro atoms. The minimum atomic E-state index is -0.162. The fourth-order valence-corrected chi connectivity index (χ4v) is 3.69. The Balaban J connectivity index is 0.00000280. The zero-order valence-corrected chi connectivity index (χ0v) is 17.3. The Hall–Kier alpha value is -1.93. The fourth-order valence-electron chi connectivity index (χ4n) is 3.07. The Labute approximate surface area is 175 Å². The standard InChI is InChI=1S/C20H25N3O3S.ClH/c21-9-3-12-26-17-7-10-23(11-8-17)20(25)15-4-1-5-16(14-15)22-19(24)18-6-2-13-27-18;/h1-2,4-6,13-14,17H,3,7-12,21H2,(H,22,24);1H. The van der Waals surface area contributed by atoms with E-state index in [1.807, 2.05) is 16.3 Å². The van der Waals surface area contributed by atoms with Gasteiger partial charge in [0.05, 0.1) is 11.0 Å². The number of amides is 2. The van der Waals surface area contributed by atoms with Crippen molar-refractivity contribution in [2.24, 2.45) is 5.73 Å². The summed E-state index contributed by atoms with van der Waals surface area (Å²) >= 11 is 1.38. The summed E-state index contributed by atoms with van der Waals surface area (Å²) in [5.41, 5.74) is 6.69. The molecule has 0 unspecified atom stereocenters. The zero-order valence-electron chi connectivity index (χ0n) is 15.6. The topological polar surface area (TPSA) is 84.7 Å². The van der Waals surface area contributed by atoms with E-state index < -0.39 is 0 Å². The van der Waals surface area contributed by atoms with Gasteiger partial charge in [-0.25, -0.2) is 0 Å². The molecule has 0 atom stereocenters. The lowest BCUT2D eigenvalue weighted by atomic mass is 10.1. The zero-order chi connectivity index (χ0) is 19.1. The van der Waals surface area contributed by atoms with Crippen molar-refractivity contribution >= 4 is 41.2 Å². The Morgan fingerprint density at radius 3 is 2.68 bits per heavy atom. The van der Waals surface area contributed by atoms with Crippen molar-refractivity contribution in [2.75, 3.05) is 31.6 Å². The maximum atomic E-state index is 12.8. The predicted octanol–water partition coefficient (Wildman–Crippen LogP) is 3.39. The number of nitrogens with one attached hydrogen (secondary N) is 1. The summed E-state index contributed by atoms with van der Waals surface area (Å²) in [4.78, 5) is 27.5. The number of thiophene rings is 1. The summed E-state index contributed by atoms with van der Waals surface area (Å²) in [6.07, 6.45) is 2.75. The summed E-state index contributed by atoms with van der Waals surface area (Å²) in [5.74, 6) is -0.173. The maximum Gasteiger partial charge on any atom is 0.265 e. The number of ether oxygens (including phenoxy) is 1. The first kappa shape index (κ1) is 22.4. The molecule has 3 rings (SSSR count). The summed E-state index contributed by atoms with van der Waals surface area (Å²) in [6.45, 7) is 2.67. The van der Waals surface area contributed by atoms with Gasteiger partial charge in [-0.2, -0.15) is 0 Å². The summed E-state index contributed by atoms with van der Waals surface area (Å²) in [7, 11) is 0. The van der Waals surface area contributed by atoms with Crippen molar-refractivity contribution in [3.05, 3.63) is 52.2 Å². The van der Waals surface area contributed by atoms with Crippen molar-refractivity contribution in [3.63, 3.8) is 0 Å². The number of anilines is 1. The molecule has 1 aromatic heterocycles. The van der Waals surface area contributed by atoms with E-state index in [2.05, 4.69) is 5.32 Å². The highest BCUT2D eigenvalue weighted by Crippen LogP contribution is 2.19. The number of carbonyl (C=O) groups is 2. The second-order valence-electron chi connectivity index (χ2n) is 6.52. The summed E-state index contributed by atoms with van der Waals surface area (Å²) in [6, 6.07) is 10.7. The monoisotopic (exact) mass is 423 g/mol. The van der Waals surface area contributed by atoms with Crippen molar-refractivity contribution in [1.29, 1.82) is 0 Å². The van der Waals surface area contributed by atoms with Crippen LogP contribution in [0.4, 0.5) is 5.69 Å². The number of carbonyl (C=O) groups excluding carboxylic acids is 2. The van der Waals surface area contributed by atoms with E-state index in [-0.39, 0.29) is 30.3 Å². The van der Waals surface area contributed by atoms with Gasteiger partial charge < -0.3 is 20.7 Å². The fraction of sp³-hybridized carbons (Fsp3) is 0.400. The van der Waals surface area contributed by atoms with Gasteiger partial charge in [0.2, 0.25) is 0 Å². The number of piperidine rings is 1. The van der Waals surface area contributed by atoms with E-state index in [4.69, 9.17) is 10.5 Å². The van der Waals surface area contributed by atoms with E-state index in [0.29, 0.717) is 42.4 Å². The lowest BCUT2D eigenvalue weighted by molar-refractivity contribution is 0.00844. The molecule has 1 fully saturated rings. The maximum absolute atomic E-state index is 12.8. The van der Waals surface area contributed by atoms with Crippen LogP contribution in [0, 0.1) is 0 Å². The van der Waals surface area contributed by atoms with E-state index in [1.165, 1.54) is 11.3 Å². The van der Waals surface area contributed by atoms with Crippen LogP contribution in [0.15, 0.2) is 41.8 Å². The number of likely N-dealkylation sites (tertiary alicyclic amines) is 1. The highest BCUT2D eigenvalue weighted by Gasteiger charge is 2.24. The van der Waals surface area contributed by atoms with E-state index >= 15 is 0 Å². The van der Waals surface area contributed by atoms with Crippen molar-refractivity contribution in [1.82, 2.24) is 4.90 Å². The van der Waals surface area contributed by atoms with Crippen LogP contribution in [0.2, 0.25) is 0 Å². The molecule has 8 heteroatoms. The average molecular weight is 424 g/mol. The molecular weight excluding hydrogens is 398 g/mol. The van der Waals surface area contributed by atoms with E-state index in [1.54, 1.807) is 30.3 Å². The molecule has 0 bridgehead atoms.